The molecule has 0 aromatic carbocycles. The van der Waals surface area contributed by atoms with Crippen LogP contribution in [0.15, 0.2) is 9.59 Å². The Morgan fingerprint density at radius 1 is 1.07 bits per heavy atom. The lowest BCUT2D eigenvalue weighted by Gasteiger charge is -1.93. The van der Waals surface area contributed by atoms with E-state index in [1.165, 1.54) is 0 Å². The van der Waals surface area contributed by atoms with Gasteiger partial charge in [-0.25, -0.2) is 4.52 Å². The monoisotopic (exact) mass is 324 g/mol. The summed E-state index contributed by atoms with van der Waals surface area (Å²) in [6.45, 7) is 3.50. The van der Waals surface area contributed by atoms with Crippen molar-refractivity contribution in [1.29, 1.82) is 0 Å². The summed E-state index contributed by atoms with van der Waals surface area (Å²) < 4.78 is 3.17. The van der Waals surface area contributed by atoms with Crippen molar-refractivity contribution in [1.82, 2.24) is 9.03 Å². The van der Waals surface area contributed by atoms with E-state index in [0.717, 1.165) is 10.2 Å². The Kier molecular flexibility index (Phi) is 2.11. The van der Waals surface area contributed by atoms with Crippen LogP contribution in [-0.4, -0.2) is 9.03 Å². The lowest BCUT2D eigenvalue weighted by Crippen LogP contribution is -2.22. The fourth-order valence-corrected chi connectivity index (χ4v) is 2.12. The zero-order valence-electron chi connectivity index (χ0n) is 7.47. The Hall–Kier alpha value is -0.560. The van der Waals surface area contributed by atoms with Crippen molar-refractivity contribution in [3.63, 3.8) is 0 Å². The Labute approximate surface area is 97.6 Å². The molecule has 0 N–H and O–H groups in total. The highest BCUT2D eigenvalue weighted by Crippen LogP contribution is 2.14. The molecule has 0 aliphatic heterocycles. The van der Waals surface area contributed by atoms with Crippen molar-refractivity contribution in [2.24, 2.45) is 0 Å². The summed E-state index contributed by atoms with van der Waals surface area (Å²) in [5.74, 6) is 0. The molecule has 0 bridgehead atoms. The molecular weight excluding hydrogens is 318 g/mol. The van der Waals surface area contributed by atoms with E-state index in [1.807, 2.05) is 22.6 Å². The topological polar surface area (TPSA) is 43.0 Å². The molecule has 0 aliphatic rings. The molecule has 2 aromatic heterocycles. The van der Waals surface area contributed by atoms with Gasteiger partial charge in [0, 0.05) is 0 Å². The summed E-state index contributed by atoms with van der Waals surface area (Å²) >= 11 is 7.69. The van der Waals surface area contributed by atoms with Crippen LogP contribution < -0.4 is 11.1 Å². The third-order valence-corrected chi connectivity index (χ3v) is 3.91. The van der Waals surface area contributed by atoms with Crippen molar-refractivity contribution in [2.45, 2.75) is 13.8 Å². The summed E-state index contributed by atoms with van der Waals surface area (Å²) in [6, 6.07) is 0. The van der Waals surface area contributed by atoms with Crippen LogP contribution in [-0.2, 0) is 0 Å². The van der Waals surface area contributed by atoms with Gasteiger partial charge in [-0.15, -0.1) is 0 Å². The van der Waals surface area contributed by atoms with Gasteiger partial charge in [-0.05, 0) is 36.4 Å². The number of halogens is 2. The second-order valence-electron chi connectivity index (χ2n) is 3.03. The largest absolute Gasteiger partial charge is 0.293 e. The average Bonchev–Trinajstić information content (AvgIpc) is 2.51. The Morgan fingerprint density at radius 3 is 2.14 bits per heavy atom. The van der Waals surface area contributed by atoms with Gasteiger partial charge in [-0.1, -0.05) is 11.6 Å². The molecule has 74 valence electrons. The average molecular weight is 325 g/mol. The molecule has 6 heteroatoms. The molecule has 0 amide bonds. The van der Waals surface area contributed by atoms with Gasteiger partial charge < -0.3 is 0 Å². The van der Waals surface area contributed by atoms with Crippen molar-refractivity contribution >= 4 is 34.2 Å². The third kappa shape index (κ3) is 0.993. The van der Waals surface area contributed by atoms with Crippen LogP contribution in [0.5, 0.6) is 0 Å². The quantitative estimate of drug-likeness (QED) is 0.681. The van der Waals surface area contributed by atoms with Gasteiger partial charge in [0.05, 0.1) is 11.4 Å². The van der Waals surface area contributed by atoms with E-state index in [-0.39, 0.29) is 10.6 Å². The molecule has 14 heavy (non-hydrogen) atoms. The second kappa shape index (κ2) is 2.96. The summed E-state index contributed by atoms with van der Waals surface area (Å²) in [4.78, 5) is 23.2. The molecule has 0 fully saturated rings. The van der Waals surface area contributed by atoms with Gasteiger partial charge in [0.25, 0.3) is 11.1 Å². The van der Waals surface area contributed by atoms with Gasteiger partial charge in [-0.3, -0.25) is 9.59 Å². The number of fused-ring (bicyclic) bond motifs is 1. The summed E-state index contributed by atoms with van der Waals surface area (Å²) in [5.41, 5.74) is 0.606. The van der Waals surface area contributed by atoms with E-state index < -0.39 is 5.56 Å². The predicted molar refractivity (Wildman–Crippen MR) is 61.8 cm³/mol. The van der Waals surface area contributed by atoms with Gasteiger partial charge in [0.1, 0.15) is 8.59 Å². The molecule has 0 aliphatic carbocycles. The molecule has 2 aromatic rings. The van der Waals surface area contributed by atoms with E-state index in [4.69, 9.17) is 11.6 Å². The number of hydrogen-bond donors (Lipinski definition) is 0. The molecule has 0 saturated heterocycles. The number of nitrogens with zero attached hydrogens (tertiary/aromatic N) is 2. The van der Waals surface area contributed by atoms with E-state index in [2.05, 4.69) is 0 Å². The molecule has 4 nitrogen and oxygen atoms in total. The van der Waals surface area contributed by atoms with E-state index in [9.17, 15) is 9.59 Å². The highest BCUT2D eigenvalue weighted by atomic mass is 127. The molecular formula is C8H6ClIN2O2. The van der Waals surface area contributed by atoms with Gasteiger partial charge in [-0.2, -0.15) is 4.52 Å². The van der Waals surface area contributed by atoms with Crippen LogP contribution in [0, 0.1) is 17.4 Å². The fourth-order valence-electron chi connectivity index (χ4n) is 1.51. The Morgan fingerprint density at radius 2 is 1.64 bits per heavy atom. The molecule has 0 unspecified atom stereocenters. The SMILES string of the molecule is Cc1c(Cl)c(=O)n2c(=O)c(I)c(C)n12. The summed E-state index contributed by atoms with van der Waals surface area (Å²) in [7, 11) is 0. The van der Waals surface area contributed by atoms with Crippen LogP contribution in [0.25, 0.3) is 0 Å². The lowest BCUT2D eigenvalue weighted by atomic mass is 10.4. The minimum Gasteiger partial charge on any atom is -0.266 e. The first-order valence-corrected chi connectivity index (χ1v) is 5.34. The Bertz CT molecular complexity index is 577. The van der Waals surface area contributed by atoms with E-state index >= 15 is 0 Å². The van der Waals surface area contributed by atoms with Crippen molar-refractivity contribution < 1.29 is 0 Å². The molecule has 0 radical (unpaired) electrons. The maximum Gasteiger partial charge on any atom is 0.293 e. The van der Waals surface area contributed by atoms with Crippen LogP contribution in [0.2, 0.25) is 5.02 Å². The van der Waals surface area contributed by atoms with Crippen LogP contribution in [0.1, 0.15) is 11.4 Å². The van der Waals surface area contributed by atoms with E-state index in [0.29, 0.717) is 9.26 Å². The van der Waals surface area contributed by atoms with Gasteiger partial charge >= 0.3 is 0 Å². The first-order valence-electron chi connectivity index (χ1n) is 3.88. The molecule has 2 heterocycles. The predicted octanol–water partition coefficient (Wildman–Crippen LogP) is 1.07. The fraction of sp³-hybridized carbons (Fsp3) is 0.250. The number of aryl methyl sites for hydroxylation is 2. The maximum absolute atomic E-state index is 11.6. The van der Waals surface area contributed by atoms with Crippen molar-refractivity contribution in [3.05, 3.63) is 40.7 Å². The van der Waals surface area contributed by atoms with Crippen molar-refractivity contribution in [2.75, 3.05) is 0 Å². The Balaban J connectivity index is 3.25. The second-order valence-corrected chi connectivity index (χ2v) is 4.49. The number of rotatable bonds is 0. The van der Waals surface area contributed by atoms with E-state index in [1.54, 1.807) is 18.4 Å². The number of aromatic nitrogens is 2. The summed E-state index contributed by atoms with van der Waals surface area (Å²) in [5, 5.41) is 0.113. The highest BCUT2D eigenvalue weighted by molar-refractivity contribution is 14.1. The molecule has 0 atom stereocenters. The van der Waals surface area contributed by atoms with Crippen LogP contribution >= 0.6 is 34.2 Å². The lowest BCUT2D eigenvalue weighted by molar-refractivity contribution is 0.768. The smallest absolute Gasteiger partial charge is 0.266 e. The number of hydrogen-bond acceptors (Lipinski definition) is 2. The third-order valence-electron chi connectivity index (χ3n) is 2.23. The highest BCUT2D eigenvalue weighted by Gasteiger charge is 2.19. The first kappa shape index (κ1) is 9.97. The molecule has 0 spiro atoms. The van der Waals surface area contributed by atoms with Gasteiger partial charge in [0.2, 0.25) is 0 Å². The van der Waals surface area contributed by atoms with Crippen LogP contribution in [0.4, 0.5) is 0 Å². The summed E-state index contributed by atoms with van der Waals surface area (Å²) in [6.07, 6.45) is 0. The first-order chi connectivity index (χ1) is 6.46. The van der Waals surface area contributed by atoms with Crippen LogP contribution in [0.3, 0.4) is 0 Å². The van der Waals surface area contributed by atoms with Crippen molar-refractivity contribution in [3.8, 4) is 0 Å². The zero-order valence-corrected chi connectivity index (χ0v) is 10.4. The van der Waals surface area contributed by atoms with Gasteiger partial charge in [0.15, 0.2) is 0 Å². The maximum atomic E-state index is 11.6. The molecule has 2 rings (SSSR count). The molecule has 0 saturated carbocycles. The minimum atomic E-state index is -0.444. The normalized spacial score (nSPS) is 11.4. The minimum absolute atomic E-state index is 0.113. The standard InChI is InChI=1S/C8H6ClIN2O2/c1-3-5(9)7(13)12-8(14)6(10)4(2)11(3)12/h1-2H3. The zero-order chi connectivity index (χ0) is 10.6.